The maximum absolute atomic E-state index is 13.7. The molecule has 1 fully saturated rings. The van der Waals surface area contributed by atoms with Crippen molar-refractivity contribution in [1.82, 2.24) is 14.9 Å². The van der Waals surface area contributed by atoms with Crippen molar-refractivity contribution in [3.8, 4) is 0 Å². The average molecular weight is 380 g/mol. The number of carbonyl (C=O) groups is 1. The normalized spacial score (nSPS) is 14.3. The SMILES string of the molecule is Cc1ccc2c(Nc3ccc(F)c(C)c3)c(C(=O)N3CCOCC3)cnc2n1. The van der Waals surface area contributed by atoms with Gasteiger partial charge in [-0.15, -0.1) is 0 Å². The van der Waals surface area contributed by atoms with Crippen molar-refractivity contribution >= 4 is 28.3 Å². The van der Waals surface area contributed by atoms with Gasteiger partial charge in [-0.2, -0.15) is 0 Å². The molecule has 1 N–H and O–H groups in total. The van der Waals surface area contributed by atoms with E-state index in [2.05, 4.69) is 15.3 Å². The fourth-order valence-electron chi connectivity index (χ4n) is 3.27. The van der Waals surface area contributed by atoms with Crippen LogP contribution in [0.5, 0.6) is 0 Å². The molecular weight excluding hydrogens is 359 g/mol. The summed E-state index contributed by atoms with van der Waals surface area (Å²) in [5.74, 6) is -0.383. The number of halogens is 1. The van der Waals surface area contributed by atoms with Crippen LogP contribution in [-0.4, -0.2) is 47.1 Å². The smallest absolute Gasteiger partial charge is 0.257 e. The number of amides is 1. The van der Waals surface area contributed by atoms with E-state index in [1.165, 1.54) is 6.07 Å². The minimum Gasteiger partial charge on any atom is -0.378 e. The quantitative estimate of drug-likeness (QED) is 0.752. The van der Waals surface area contributed by atoms with Gasteiger partial charge in [-0.3, -0.25) is 4.79 Å². The van der Waals surface area contributed by atoms with Crippen LogP contribution in [0, 0.1) is 19.7 Å². The molecule has 1 aliphatic heterocycles. The number of fused-ring (bicyclic) bond motifs is 1. The van der Waals surface area contributed by atoms with Crippen LogP contribution in [0.4, 0.5) is 15.8 Å². The van der Waals surface area contributed by atoms with E-state index in [0.29, 0.717) is 54.5 Å². The summed E-state index contributed by atoms with van der Waals surface area (Å²) in [7, 11) is 0. The summed E-state index contributed by atoms with van der Waals surface area (Å²) in [5.41, 5.74) is 3.71. The van der Waals surface area contributed by atoms with Crippen LogP contribution in [0.15, 0.2) is 36.5 Å². The second-order valence-electron chi connectivity index (χ2n) is 6.86. The van der Waals surface area contributed by atoms with E-state index in [4.69, 9.17) is 4.74 Å². The average Bonchev–Trinajstić information content (AvgIpc) is 2.71. The molecule has 3 aromatic rings. The molecular formula is C21H21FN4O2. The molecule has 0 atom stereocenters. The molecule has 1 amide bonds. The van der Waals surface area contributed by atoms with Gasteiger partial charge in [0.2, 0.25) is 0 Å². The lowest BCUT2D eigenvalue weighted by Gasteiger charge is -2.27. The molecule has 144 valence electrons. The Morgan fingerprint density at radius 1 is 1.18 bits per heavy atom. The Morgan fingerprint density at radius 3 is 2.71 bits per heavy atom. The highest BCUT2D eigenvalue weighted by Gasteiger charge is 2.23. The molecule has 28 heavy (non-hydrogen) atoms. The van der Waals surface area contributed by atoms with Gasteiger partial charge >= 0.3 is 0 Å². The Balaban J connectivity index is 1.81. The number of ether oxygens (including phenoxy) is 1. The lowest BCUT2D eigenvalue weighted by Crippen LogP contribution is -2.41. The van der Waals surface area contributed by atoms with E-state index in [1.54, 1.807) is 30.2 Å². The Labute approximate surface area is 162 Å². The van der Waals surface area contributed by atoms with Gasteiger partial charge in [0.25, 0.3) is 5.91 Å². The summed E-state index contributed by atoms with van der Waals surface area (Å²) in [6.45, 7) is 5.72. The first-order valence-corrected chi connectivity index (χ1v) is 9.19. The third-order valence-corrected chi connectivity index (χ3v) is 4.82. The Kier molecular flexibility index (Phi) is 4.92. The number of benzene rings is 1. The Bertz CT molecular complexity index is 1050. The molecule has 0 radical (unpaired) electrons. The summed E-state index contributed by atoms with van der Waals surface area (Å²) in [6.07, 6.45) is 1.56. The molecule has 0 unspecified atom stereocenters. The number of hydrogen-bond donors (Lipinski definition) is 1. The first-order valence-electron chi connectivity index (χ1n) is 9.19. The molecule has 0 spiro atoms. The van der Waals surface area contributed by atoms with Gasteiger partial charge in [0.1, 0.15) is 5.82 Å². The van der Waals surface area contributed by atoms with Crippen molar-refractivity contribution in [3.05, 3.63) is 59.2 Å². The highest BCUT2D eigenvalue weighted by Crippen LogP contribution is 2.30. The number of morpholine rings is 1. The third-order valence-electron chi connectivity index (χ3n) is 4.82. The number of carbonyl (C=O) groups excluding carboxylic acids is 1. The van der Waals surface area contributed by atoms with E-state index >= 15 is 0 Å². The number of anilines is 2. The first-order chi connectivity index (χ1) is 13.5. The molecule has 2 aromatic heterocycles. The van der Waals surface area contributed by atoms with Crippen molar-refractivity contribution in [2.24, 2.45) is 0 Å². The van der Waals surface area contributed by atoms with Crippen LogP contribution >= 0.6 is 0 Å². The molecule has 3 heterocycles. The number of nitrogens with zero attached hydrogens (tertiary/aromatic N) is 3. The van der Waals surface area contributed by atoms with Gasteiger partial charge in [-0.05, 0) is 49.7 Å². The van der Waals surface area contributed by atoms with Crippen LogP contribution in [-0.2, 0) is 4.74 Å². The van der Waals surface area contributed by atoms with E-state index in [0.717, 1.165) is 11.1 Å². The molecule has 0 bridgehead atoms. The minimum atomic E-state index is -0.271. The topological polar surface area (TPSA) is 67.4 Å². The monoisotopic (exact) mass is 380 g/mol. The van der Waals surface area contributed by atoms with Crippen molar-refractivity contribution in [2.75, 3.05) is 31.6 Å². The van der Waals surface area contributed by atoms with Gasteiger partial charge in [0.05, 0.1) is 24.5 Å². The largest absolute Gasteiger partial charge is 0.378 e. The van der Waals surface area contributed by atoms with Crippen LogP contribution in [0.3, 0.4) is 0 Å². The highest BCUT2D eigenvalue weighted by molar-refractivity contribution is 6.07. The molecule has 1 saturated heterocycles. The molecule has 7 heteroatoms. The summed E-state index contributed by atoms with van der Waals surface area (Å²) < 4.78 is 19.0. The number of rotatable bonds is 3. The van der Waals surface area contributed by atoms with Crippen LogP contribution in [0.25, 0.3) is 11.0 Å². The summed E-state index contributed by atoms with van der Waals surface area (Å²) >= 11 is 0. The molecule has 1 aliphatic rings. The zero-order valence-corrected chi connectivity index (χ0v) is 15.8. The minimum absolute atomic E-state index is 0.111. The highest BCUT2D eigenvalue weighted by atomic mass is 19.1. The fourth-order valence-corrected chi connectivity index (χ4v) is 3.27. The predicted molar refractivity (Wildman–Crippen MR) is 105 cm³/mol. The van der Waals surface area contributed by atoms with Gasteiger partial charge in [-0.1, -0.05) is 0 Å². The fraction of sp³-hybridized carbons (Fsp3) is 0.286. The maximum atomic E-state index is 13.7. The number of aryl methyl sites for hydroxylation is 2. The molecule has 4 rings (SSSR count). The number of aromatic nitrogens is 2. The standard InChI is InChI=1S/C21H21FN4O2/c1-13-11-15(4-6-18(13)22)25-19-16-5-3-14(2)24-20(16)23-12-17(19)21(27)26-7-9-28-10-8-26/h3-6,11-12H,7-10H2,1-2H3,(H,23,24,25). The zero-order chi connectivity index (χ0) is 19.7. The number of hydrogen-bond acceptors (Lipinski definition) is 5. The Hall–Kier alpha value is -3.06. The summed E-state index contributed by atoms with van der Waals surface area (Å²) in [5, 5.41) is 4.04. The van der Waals surface area contributed by atoms with E-state index in [1.807, 2.05) is 19.1 Å². The van der Waals surface area contributed by atoms with Crippen molar-refractivity contribution in [2.45, 2.75) is 13.8 Å². The predicted octanol–water partition coefficient (Wildman–Crippen LogP) is 3.60. The van der Waals surface area contributed by atoms with Crippen LogP contribution in [0.2, 0.25) is 0 Å². The maximum Gasteiger partial charge on any atom is 0.257 e. The molecule has 0 aliphatic carbocycles. The Morgan fingerprint density at radius 2 is 1.96 bits per heavy atom. The van der Waals surface area contributed by atoms with Crippen molar-refractivity contribution < 1.29 is 13.9 Å². The lowest BCUT2D eigenvalue weighted by atomic mass is 10.1. The second-order valence-corrected chi connectivity index (χ2v) is 6.86. The lowest BCUT2D eigenvalue weighted by molar-refractivity contribution is 0.0303. The van der Waals surface area contributed by atoms with Gasteiger partial charge < -0.3 is 15.0 Å². The molecule has 6 nitrogen and oxygen atoms in total. The van der Waals surface area contributed by atoms with Crippen molar-refractivity contribution in [3.63, 3.8) is 0 Å². The third kappa shape index (κ3) is 3.53. The van der Waals surface area contributed by atoms with Crippen LogP contribution in [0.1, 0.15) is 21.6 Å². The zero-order valence-electron chi connectivity index (χ0n) is 15.8. The van der Waals surface area contributed by atoms with Crippen LogP contribution < -0.4 is 5.32 Å². The molecule has 1 aromatic carbocycles. The second kappa shape index (κ2) is 7.52. The van der Waals surface area contributed by atoms with Gasteiger partial charge in [0, 0.05) is 36.1 Å². The summed E-state index contributed by atoms with van der Waals surface area (Å²) in [6, 6.07) is 8.56. The van der Waals surface area contributed by atoms with Gasteiger partial charge in [0.15, 0.2) is 5.65 Å². The number of nitrogens with one attached hydrogen (secondary N) is 1. The first kappa shape index (κ1) is 18.3. The van der Waals surface area contributed by atoms with E-state index in [-0.39, 0.29) is 11.7 Å². The molecule has 0 saturated carbocycles. The van der Waals surface area contributed by atoms with E-state index < -0.39 is 0 Å². The number of pyridine rings is 2. The van der Waals surface area contributed by atoms with Gasteiger partial charge in [-0.25, -0.2) is 14.4 Å². The summed E-state index contributed by atoms with van der Waals surface area (Å²) in [4.78, 5) is 23.8. The van der Waals surface area contributed by atoms with E-state index in [9.17, 15) is 9.18 Å². The van der Waals surface area contributed by atoms with Crippen molar-refractivity contribution in [1.29, 1.82) is 0 Å².